The van der Waals surface area contributed by atoms with Gasteiger partial charge in [-0.15, -0.1) is 0 Å². The Morgan fingerprint density at radius 1 is 1.24 bits per heavy atom. The van der Waals surface area contributed by atoms with E-state index in [1.165, 1.54) is 6.92 Å². The molecule has 1 aliphatic rings. The van der Waals surface area contributed by atoms with Gasteiger partial charge in [0.05, 0.1) is 11.2 Å². The van der Waals surface area contributed by atoms with Crippen LogP contribution in [-0.2, 0) is 24.7 Å². The van der Waals surface area contributed by atoms with E-state index in [9.17, 15) is 14.4 Å². The zero-order valence-electron chi connectivity index (χ0n) is 13.4. The van der Waals surface area contributed by atoms with Gasteiger partial charge in [-0.2, -0.15) is 0 Å². The number of pyridine rings is 1. The van der Waals surface area contributed by atoms with Crippen molar-refractivity contribution in [3.63, 3.8) is 0 Å². The maximum absolute atomic E-state index is 12.8. The number of carbonyl (C=O) groups excluding carboxylic acids is 2. The Morgan fingerprint density at radius 2 is 1.96 bits per heavy atom. The molecule has 1 aromatic carbocycles. The fourth-order valence-corrected chi connectivity index (χ4v) is 2.53. The molecule has 0 spiro atoms. The van der Waals surface area contributed by atoms with E-state index in [-0.39, 0.29) is 5.69 Å². The van der Waals surface area contributed by atoms with Crippen molar-refractivity contribution in [2.24, 2.45) is 0 Å². The molecule has 8 nitrogen and oxygen atoms in total. The first-order chi connectivity index (χ1) is 11.8. The summed E-state index contributed by atoms with van der Waals surface area (Å²) in [7, 11) is 0. The first kappa shape index (κ1) is 16.4. The lowest BCUT2D eigenvalue weighted by atomic mass is 9.95. The smallest absolute Gasteiger partial charge is 0.411 e. The van der Waals surface area contributed by atoms with E-state index in [2.05, 4.69) is 4.98 Å². The second-order valence-corrected chi connectivity index (χ2v) is 5.54. The molecule has 0 fully saturated rings. The number of para-hydroxylation sites is 1. The molecule has 0 bridgehead atoms. The number of fused-ring (bicyclic) bond motifs is 1. The van der Waals surface area contributed by atoms with E-state index in [1.54, 1.807) is 24.3 Å². The van der Waals surface area contributed by atoms with Gasteiger partial charge in [-0.05, 0) is 19.1 Å². The third kappa shape index (κ3) is 2.89. The highest BCUT2D eigenvalue weighted by molar-refractivity contribution is 6.04. The van der Waals surface area contributed by atoms with Crippen LogP contribution in [0.15, 0.2) is 48.0 Å². The zero-order chi connectivity index (χ0) is 18.2. The number of hydrogen-bond acceptors (Lipinski definition) is 6. The van der Waals surface area contributed by atoms with Crippen LogP contribution in [-0.4, -0.2) is 27.9 Å². The van der Waals surface area contributed by atoms with E-state index in [0.29, 0.717) is 5.52 Å². The molecule has 0 saturated heterocycles. The molecule has 25 heavy (non-hydrogen) atoms. The number of esters is 1. The zero-order valence-corrected chi connectivity index (χ0v) is 13.4. The van der Waals surface area contributed by atoms with Crippen molar-refractivity contribution in [3.8, 4) is 0 Å². The number of ether oxygens (including phenoxy) is 2. The van der Waals surface area contributed by atoms with Crippen molar-refractivity contribution in [2.45, 2.75) is 19.4 Å². The summed E-state index contributed by atoms with van der Waals surface area (Å²) in [5.74, 6) is -2.40. The van der Waals surface area contributed by atoms with E-state index < -0.39 is 35.1 Å². The second-order valence-electron chi connectivity index (χ2n) is 5.54. The lowest BCUT2D eigenvalue weighted by Crippen LogP contribution is -2.33. The fraction of sp³-hybridized carbons (Fsp3) is 0.176. The number of amides is 1. The third-order valence-electron chi connectivity index (χ3n) is 3.71. The first-order valence-corrected chi connectivity index (χ1v) is 7.34. The van der Waals surface area contributed by atoms with E-state index in [1.807, 2.05) is 17.4 Å². The Bertz CT molecular complexity index is 936. The van der Waals surface area contributed by atoms with E-state index >= 15 is 0 Å². The fourth-order valence-electron chi connectivity index (χ4n) is 2.53. The minimum atomic E-state index is -1.62. The Balaban J connectivity index is 2.04. The maximum Gasteiger partial charge on any atom is 0.411 e. The summed E-state index contributed by atoms with van der Waals surface area (Å²) >= 11 is 0. The van der Waals surface area contributed by atoms with E-state index in [4.69, 9.17) is 14.6 Å². The summed E-state index contributed by atoms with van der Waals surface area (Å²) in [4.78, 5) is 39.3. The Hall–Kier alpha value is -3.42. The number of carbonyl (C=O) groups is 3. The minimum absolute atomic E-state index is 0.267. The summed E-state index contributed by atoms with van der Waals surface area (Å²) in [6, 6.07) is 10.7. The van der Waals surface area contributed by atoms with Gasteiger partial charge < -0.3 is 14.6 Å². The van der Waals surface area contributed by atoms with Crippen LogP contribution >= 0.6 is 0 Å². The molecule has 1 unspecified atom stereocenters. The average Bonchev–Trinajstić information content (AvgIpc) is 2.79. The average molecular weight is 342 g/mol. The Labute approximate surface area is 142 Å². The maximum atomic E-state index is 12.8. The van der Waals surface area contributed by atoms with Crippen LogP contribution < -0.4 is 5.32 Å². The summed E-state index contributed by atoms with van der Waals surface area (Å²) < 4.78 is 10.4. The number of nitrogens with zero attached hydrogens (tertiary/aromatic N) is 1. The lowest BCUT2D eigenvalue weighted by Gasteiger charge is -2.22. The minimum Gasteiger partial charge on any atom is -0.465 e. The first-order valence-electron chi connectivity index (χ1n) is 7.34. The molecule has 3 rings (SSSR count). The van der Waals surface area contributed by atoms with Crippen molar-refractivity contribution in [1.82, 2.24) is 10.3 Å². The van der Waals surface area contributed by atoms with E-state index in [0.717, 1.165) is 12.3 Å². The molecular weight excluding hydrogens is 328 g/mol. The molecule has 1 amide bonds. The molecular formula is C17H14N2O6. The van der Waals surface area contributed by atoms with Gasteiger partial charge in [0.2, 0.25) is 17.2 Å². The third-order valence-corrected chi connectivity index (χ3v) is 3.71. The molecule has 0 aliphatic carbocycles. The summed E-state index contributed by atoms with van der Waals surface area (Å²) in [6.45, 7) is 2.54. The molecule has 128 valence electrons. The summed E-state index contributed by atoms with van der Waals surface area (Å²) in [6.07, 6.45) is -1.46. The summed E-state index contributed by atoms with van der Waals surface area (Å²) in [5, 5.41) is 11.7. The van der Waals surface area contributed by atoms with Crippen LogP contribution in [0.25, 0.3) is 10.9 Å². The van der Waals surface area contributed by atoms with Crippen LogP contribution in [0.3, 0.4) is 0 Å². The number of ketones is 1. The number of aromatic nitrogens is 1. The predicted octanol–water partition coefficient (Wildman–Crippen LogP) is 2.05. The number of hydrogen-bond donors (Lipinski definition) is 2. The highest BCUT2D eigenvalue weighted by atomic mass is 16.6. The van der Waals surface area contributed by atoms with Crippen molar-refractivity contribution in [2.75, 3.05) is 0 Å². The quantitative estimate of drug-likeness (QED) is 0.820. The lowest BCUT2D eigenvalue weighted by molar-refractivity contribution is -0.142. The second kappa shape index (κ2) is 5.90. The number of benzene rings is 1. The number of carboxylic acid groups (broad SMARTS) is 1. The Kier molecular flexibility index (Phi) is 3.88. The summed E-state index contributed by atoms with van der Waals surface area (Å²) in [5.41, 5.74) is -0.707. The standard InChI is InChI=1S/C17H14N2O6/c1-9(20)24-13-14(21)17(2,25-15(13)19-16(22)23)12-8-7-10-5-3-4-6-11(10)18-12/h3-8,19H,1-2H3,(H,22,23). The predicted molar refractivity (Wildman–Crippen MR) is 85.1 cm³/mol. The van der Waals surface area contributed by atoms with Crippen molar-refractivity contribution >= 4 is 28.7 Å². The SMILES string of the molecule is CC(=O)OC1=C(NC(=O)O)OC(C)(c2ccc3ccccc3n2)C1=O. The molecule has 2 heterocycles. The molecule has 8 heteroatoms. The van der Waals surface area contributed by atoms with Crippen molar-refractivity contribution < 1.29 is 29.0 Å². The van der Waals surface area contributed by atoms with Gasteiger partial charge in [-0.3, -0.25) is 14.9 Å². The van der Waals surface area contributed by atoms with Gasteiger partial charge in [0.25, 0.3) is 5.78 Å². The Morgan fingerprint density at radius 3 is 2.64 bits per heavy atom. The van der Waals surface area contributed by atoms with Gasteiger partial charge in [0.1, 0.15) is 0 Å². The van der Waals surface area contributed by atoms with Crippen molar-refractivity contribution in [3.05, 3.63) is 53.7 Å². The van der Waals surface area contributed by atoms with Crippen molar-refractivity contribution in [1.29, 1.82) is 0 Å². The van der Waals surface area contributed by atoms with Crippen LogP contribution in [0.1, 0.15) is 19.5 Å². The van der Waals surface area contributed by atoms with Gasteiger partial charge >= 0.3 is 12.1 Å². The molecule has 0 radical (unpaired) electrons. The molecule has 0 saturated carbocycles. The van der Waals surface area contributed by atoms with Gasteiger partial charge in [-0.1, -0.05) is 24.3 Å². The highest BCUT2D eigenvalue weighted by Gasteiger charge is 2.51. The number of Topliss-reactive ketones (excluding diaryl/α,β-unsaturated/α-hetero) is 1. The number of nitrogens with one attached hydrogen (secondary N) is 1. The topological polar surface area (TPSA) is 115 Å². The molecule has 2 N–H and O–H groups in total. The molecule has 1 aliphatic heterocycles. The highest BCUT2D eigenvalue weighted by Crippen LogP contribution is 2.38. The molecule has 1 atom stereocenters. The van der Waals surface area contributed by atoms with Crippen LogP contribution in [0.2, 0.25) is 0 Å². The molecule has 1 aromatic heterocycles. The van der Waals surface area contributed by atoms with Crippen LogP contribution in [0.5, 0.6) is 0 Å². The van der Waals surface area contributed by atoms with Crippen LogP contribution in [0.4, 0.5) is 4.79 Å². The monoisotopic (exact) mass is 342 g/mol. The van der Waals surface area contributed by atoms with Gasteiger partial charge in [0, 0.05) is 12.3 Å². The van der Waals surface area contributed by atoms with Crippen LogP contribution in [0, 0.1) is 0 Å². The van der Waals surface area contributed by atoms with Gasteiger partial charge in [0.15, 0.2) is 0 Å². The van der Waals surface area contributed by atoms with Gasteiger partial charge in [-0.25, -0.2) is 9.78 Å². The number of rotatable bonds is 3. The molecule has 2 aromatic rings. The largest absolute Gasteiger partial charge is 0.465 e. The normalized spacial score (nSPS) is 19.7.